The molecule has 23 heavy (non-hydrogen) atoms. The van der Waals surface area contributed by atoms with E-state index in [1.165, 1.54) is 6.26 Å². The minimum atomic E-state index is -2.89. The van der Waals surface area contributed by atoms with Gasteiger partial charge in [0, 0.05) is 39.0 Å². The Morgan fingerprint density at radius 1 is 1.17 bits per heavy atom. The molecular weight excluding hydrogens is 312 g/mol. The minimum Gasteiger partial charge on any atom is -0.492 e. The van der Waals surface area contributed by atoms with Crippen LogP contribution in [0.15, 0.2) is 24.3 Å². The Labute approximate surface area is 140 Å². The molecule has 1 heterocycles. The summed E-state index contributed by atoms with van der Waals surface area (Å²) in [4.78, 5) is 4.71. The third-order valence-corrected chi connectivity index (χ3v) is 5.21. The number of nitrogens with zero attached hydrogens (tertiary/aromatic N) is 2. The van der Waals surface area contributed by atoms with Gasteiger partial charge >= 0.3 is 0 Å². The molecule has 5 nitrogen and oxygen atoms in total. The van der Waals surface area contributed by atoms with Crippen molar-refractivity contribution < 1.29 is 13.2 Å². The Morgan fingerprint density at radius 3 is 2.43 bits per heavy atom. The Morgan fingerprint density at radius 2 is 1.83 bits per heavy atom. The topological polar surface area (TPSA) is 49.9 Å². The van der Waals surface area contributed by atoms with E-state index in [0.29, 0.717) is 6.61 Å². The molecule has 0 radical (unpaired) electrons. The zero-order valence-electron chi connectivity index (χ0n) is 14.4. The van der Waals surface area contributed by atoms with E-state index in [2.05, 4.69) is 15.9 Å². The summed E-state index contributed by atoms with van der Waals surface area (Å²) in [6, 6.07) is 8.16. The number of rotatable bonds is 7. The van der Waals surface area contributed by atoms with E-state index < -0.39 is 9.84 Å². The van der Waals surface area contributed by atoms with Crippen molar-refractivity contribution in [1.82, 2.24) is 4.90 Å². The first-order valence-corrected chi connectivity index (χ1v) is 10.3. The van der Waals surface area contributed by atoms with Crippen molar-refractivity contribution in [3.63, 3.8) is 0 Å². The van der Waals surface area contributed by atoms with Gasteiger partial charge in [-0.25, -0.2) is 8.42 Å². The lowest BCUT2D eigenvalue weighted by Gasteiger charge is -2.37. The lowest BCUT2D eigenvalue weighted by atomic mass is 10.1. The zero-order chi connectivity index (χ0) is 16.9. The SMILES string of the molecule is CCOc1ccccc1N1CCN(C[C@@H](C)CS(C)(=O)=O)CC1. The molecular formula is C17H28N2O3S. The van der Waals surface area contributed by atoms with Gasteiger partial charge in [-0.2, -0.15) is 0 Å². The number of anilines is 1. The fraction of sp³-hybridized carbons (Fsp3) is 0.647. The van der Waals surface area contributed by atoms with E-state index in [9.17, 15) is 8.42 Å². The molecule has 1 saturated heterocycles. The quantitative estimate of drug-likeness (QED) is 0.759. The summed E-state index contributed by atoms with van der Waals surface area (Å²) < 4.78 is 28.5. The van der Waals surface area contributed by atoms with Gasteiger partial charge in [-0.05, 0) is 25.0 Å². The van der Waals surface area contributed by atoms with Gasteiger partial charge in [-0.3, -0.25) is 4.90 Å². The highest BCUT2D eigenvalue weighted by atomic mass is 32.2. The molecule has 1 aromatic carbocycles. The molecule has 0 amide bonds. The van der Waals surface area contributed by atoms with Crippen LogP contribution in [0.4, 0.5) is 5.69 Å². The summed E-state index contributed by atoms with van der Waals surface area (Å²) in [5, 5.41) is 0. The van der Waals surface area contributed by atoms with Gasteiger partial charge in [-0.1, -0.05) is 19.1 Å². The third kappa shape index (κ3) is 5.70. The Balaban J connectivity index is 1.89. The van der Waals surface area contributed by atoms with Crippen LogP contribution in [0.3, 0.4) is 0 Å². The fourth-order valence-electron chi connectivity index (χ4n) is 3.18. The van der Waals surface area contributed by atoms with E-state index in [4.69, 9.17) is 4.74 Å². The van der Waals surface area contributed by atoms with Crippen LogP contribution in [-0.2, 0) is 9.84 Å². The molecule has 1 atom stereocenters. The highest BCUT2D eigenvalue weighted by Gasteiger charge is 2.21. The maximum Gasteiger partial charge on any atom is 0.147 e. The fourth-order valence-corrected chi connectivity index (χ4v) is 4.32. The molecule has 0 spiro atoms. The Hall–Kier alpha value is -1.27. The second-order valence-electron chi connectivity index (χ2n) is 6.39. The molecule has 0 bridgehead atoms. The van der Waals surface area contributed by atoms with Crippen molar-refractivity contribution >= 4 is 15.5 Å². The number of benzene rings is 1. The number of hydrogen-bond acceptors (Lipinski definition) is 5. The number of sulfone groups is 1. The van der Waals surface area contributed by atoms with Crippen LogP contribution in [0.5, 0.6) is 5.75 Å². The molecule has 6 heteroatoms. The molecule has 1 aromatic rings. The maximum atomic E-state index is 11.4. The molecule has 0 aliphatic carbocycles. The first-order chi connectivity index (χ1) is 10.9. The van der Waals surface area contributed by atoms with Crippen molar-refractivity contribution in [2.75, 3.05) is 56.2 Å². The summed E-state index contributed by atoms with van der Waals surface area (Å²) >= 11 is 0. The number of hydrogen-bond donors (Lipinski definition) is 0. The highest BCUT2D eigenvalue weighted by Crippen LogP contribution is 2.28. The van der Waals surface area contributed by atoms with Crippen molar-refractivity contribution in [3.8, 4) is 5.75 Å². The molecule has 1 fully saturated rings. The number of piperazine rings is 1. The summed E-state index contributed by atoms with van der Waals surface area (Å²) in [5.74, 6) is 1.38. The van der Waals surface area contributed by atoms with Crippen LogP contribution in [0.2, 0.25) is 0 Å². The average molecular weight is 340 g/mol. The van der Waals surface area contributed by atoms with E-state index in [1.807, 2.05) is 32.0 Å². The van der Waals surface area contributed by atoms with Gasteiger partial charge in [0.25, 0.3) is 0 Å². The van der Waals surface area contributed by atoms with E-state index >= 15 is 0 Å². The summed E-state index contributed by atoms with van der Waals surface area (Å²) in [5.41, 5.74) is 1.15. The van der Waals surface area contributed by atoms with Crippen molar-refractivity contribution in [2.24, 2.45) is 5.92 Å². The summed E-state index contributed by atoms with van der Waals surface area (Å²) in [7, 11) is -2.89. The molecule has 0 unspecified atom stereocenters. The van der Waals surface area contributed by atoms with Gasteiger partial charge in [0.2, 0.25) is 0 Å². The molecule has 2 rings (SSSR count). The largest absolute Gasteiger partial charge is 0.492 e. The predicted molar refractivity (Wildman–Crippen MR) is 95.1 cm³/mol. The van der Waals surface area contributed by atoms with Gasteiger partial charge in [-0.15, -0.1) is 0 Å². The predicted octanol–water partition coefficient (Wildman–Crippen LogP) is 1.89. The monoisotopic (exact) mass is 340 g/mol. The maximum absolute atomic E-state index is 11.4. The number of ether oxygens (including phenoxy) is 1. The molecule has 1 aliphatic rings. The molecule has 1 aliphatic heterocycles. The van der Waals surface area contributed by atoms with E-state index in [-0.39, 0.29) is 11.7 Å². The summed E-state index contributed by atoms with van der Waals surface area (Å²) in [6.45, 7) is 9.30. The van der Waals surface area contributed by atoms with Crippen LogP contribution < -0.4 is 9.64 Å². The van der Waals surface area contributed by atoms with Gasteiger partial charge < -0.3 is 9.64 Å². The Kier molecular flexibility index (Phi) is 6.30. The van der Waals surface area contributed by atoms with E-state index in [1.54, 1.807) is 0 Å². The standard InChI is InChI=1S/C17H28N2O3S/c1-4-22-17-8-6-5-7-16(17)19-11-9-18(10-12-19)13-15(2)14-23(3,20)21/h5-8,15H,4,9-14H2,1-3H3/t15-/m1/s1. The lowest BCUT2D eigenvalue weighted by molar-refractivity contribution is 0.231. The van der Waals surface area contributed by atoms with Crippen LogP contribution in [0, 0.1) is 5.92 Å². The van der Waals surface area contributed by atoms with Crippen LogP contribution >= 0.6 is 0 Å². The Bertz CT molecular complexity index is 596. The second kappa shape index (κ2) is 8.02. The van der Waals surface area contributed by atoms with Gasteiger partial charge in [0.15, 0.2) is 0 Å². The molecule has 0 N–H and O–H groups in total. The lowest BCUT2D eigenvalue weighted by Crippen LogP contribution is -2.48. The molecule has 0 saturated carbocycles. The molecule has 130 valence electrons. The first-order valence-electron chi connectivity index (χ1n) is 8.26. The minimum absolute atomic E-state index is 0.173. The zero-order valence-corrected chi connectivity index (χ0v) is 15.2. The molecule has 0 aromatic heterocycles. The summed E-state index contributed by atoms with van der Waals surface area (Å²) in [6.07, 6.45) is 1.31. The first kappa shape index (κ1) is 18.1. The van der Waals surface area contributed by atoms with Crippen LogP contribution in [0.25, 0.3) is 0 Å². The van der Waals surface area contributed by atoms with Crippen molar-refractivity contribution in [1.29, 1.82) is 0 Å². The van der Waals surface area contributed by atoms with Crippen LogP contribution in [0.1, 0.15) is 13.8 Å². The van der Waals surface area contributed by atoms with Gasteiger partial charge in [0.05, 0.1) is 18.0 Å². The normalized spacial score (nSPS) is 18.0. The van der Waals surface area contributed by atoms with Crippen molar-refractivity contribution in [2.45, 2.75) is 13.8 Å². The second-order valence-corrected chi connectivity index (χ2v) is 8.57. The van der Waals surface area contributed by atoms with Gasteiger partial charge in [0.1, 0.15) is 15.6 Å². The smallest absolute Gasteiger partial charge is 0.147 e. The van der Waals surface area contributed by atoms with Crippen LogP contribution in [-0.4, -0.2) is 64.7 Å². The van der Waals surface area contributed by atoms with Crippen molar-refractivity contribution in [3.05, 3.63) is 24.3 Å². The van der Waals surface area contributed by atoms with E-state index in [0.717, 1.165) is 44.2 Å². The third-order valence-electron chi connectivity index (χ3n) is 4.04. The number of para-hydroxylation sites is 2. The highest BCUT2D eigenvalue weighted by molar-refractivity contribution is 7.90. The average Bonchev–Trinajstić information content (AvgIpc) is 2.47.